The Morgan fingerprint density at radius 2 is 2.14 bits per heavy atom. The largest absolute Gasteiger partial charge is 0.334 e. The molecular weight excluding hydrogens is 289 g/mol. The maximum Gasteiger partial charge on any atom is 0.258 e. The van der Waals surface area contributed by atoms with Gasteiger partial charge < -0.3 is 10.6 Å². The van der Waals surface area contributed by atoms with Crippen LogP contribution in [0.15, 0.2) is 23.0 Å². The average Bonchev–Trinajstić information content (AvgIpc) is 2.43. The molecule has 0 aromatic carbocycles. The zero-order chi connectivity index (χ0) is 16.3. The molecule has 0 rings (SSSR count). The number of halogens is 1. The van der Waals surface area contributed by atoms with E-state index < -0.39 is 6.17 Å². The Balaban J connectivity index is 4.66. The number of rotatable bonds is 11. The van der Waals surface area contributed by atoms with Crippen LogP contribution in [0, 0.1) is 5.92 Å². The Hall–Kier alpha value is -0.850. The number of carbonyl (C=O) groups is 1. The number of hydrogen-bond donors (Lipinski definition) is 2. The van der Waals surface area contributed by atoms with Gasteiger partial charge in [0.2, 0.25) is 0 Å². The van der Waals surface area contributed by atoms with Crippen LogP contribution in [-0.4, -0.2) is 37.3 Å². The van der Waals surface area contributed by atoms with E-state index in [2.05, 4.69) is 17.2 Å². The molecule has 21 heavy (non-hydrogen) atoms. The van der Waals surface area contributed by atoms with Gasteiger partial charge >= 0.3 is 0 Å². The average molecular weight is 317 g/mol. The van der Waals surface area contributed by atoms with Gasteiger partial charge in [0.25, 0.3) is 5.91 Å². The number of amides is 1. The van der Waals surface area contributed by atoms with E-state index in [0.29, 0.717) is 23.7 Å². The number of carbonyl (C=O) groups excluding carboxylic acids is 1. The Bertz CT molecular complexity index is 348. The molecule has 0 aromatic rings. The van der Waals surface area contributed by atoms with Crippen LogP contribution in [0.1, 0.15) is 33.6 Å². The fraction of sp³-hybridized carbons (Fsp3) is 0.667. The molecule has 4 nitrogen and oxygen atoms in total. The van der Waals surface area contributed by atoms with Crippen LogP contribution in [0.25, 0.3) is 0 Å². The SMILES string of the molecule is C=CS/C(=C\C)C(=O)NC(CC(C)C)N(F)CCCNC. The van der Waals surface area contributed by atoms with Crippen LogP contribution in [0.5, 0.6) is 0 Å². The van der Waals surface area contributed by atoms with Gasteiger partial charge in [-0.1, -0.05) is 38.3 Å². The molecule has 0 heterocycles. The van der Waals surface area contributed by atoms with Gasteiger partial charge in [-0.05, 0) is 44.7 Å². The van der Waals surface area contributed by atoms with Crippen LogP contribution in [0.2, 0.25) is 0 Å². The van der Waals surface area contributed by atoms with Gasteiger partial charge in [0, 0.05) is 6.54 Å². The molecule has 0 fully saturated rings. The van der Waals surface area contributed by atoms with E-state index >= 15 is 0 Å². The van der Waals surface area contributed by atoms with Crippen molar-refractivity contribution in [3.05, 3.63) is 23.0 Å². The highest BCUT2D eigenvalue weighted by Crippen LogP contribution is 2.18. The van der Waals surface area contributed by atoms with Crippen molar-refractivity contribution in [1.29, 1.82) is 0 Å². The van der Waals surface area contributed by atoms with E-state index in [1.807, 2.05) is 20.9 Å². The van der Waals surface area contributed by atoms with Crippen LogP contribution in [0.4, 0.5) is 4.48 Å². The lowest BCUT2D eigenvalue weighted by Crippen LogP contribution is -2.46. The Morgan fingerprint density at radius 3 is 2.62 bits per heavy atom. The van der Waals surface area contributed by atoms with Gasteiger partial charge in [0.1, 0.15) is 6.17 Å². The zero-order valence-corrected chi connectivity index (χ0v) is 14.3. The predicted molar refractivity (Wildman–Crippen MR) is 89.3 cm³/mol. The molecule has 0 saturated carbocycles. The smallest absolute Gasteiger partial charge is 0.258 e. The summed E-state index contributed by atoms with van der Waals surface area (Å²) in [4.78, 5) is 12.7. The molecule has 0 aliphatic rings. The van der Waals surface area contributed by atoms with E-state index in [-0.39, 0.29) is 12.5 Å². The van der Waals surface area contributed by atoms with Gasteiger partial charge in [-0.25, -0.2) is 0 Å². The molecule has 2 N–H and O–H groups in total. The van der Waals surface area contributed by atoms with Crippen molar-refractivity contribution in [3.63, 3.8) is 0 Å². The summed E-state index contributed by atoms with van der Waals surface area (Å²) in [7, 11) is 1.83. The number of nitrogens with zero attached hydrogens (tertiary/aromatic N) is 1. The highest BCUT2D eigenvalue weighted by Gasteiger charge is 2.22. The lowest BCUT2D eigenvalue weighted by Gasteiger charge is -2.26. The molecule has 0 aliphatic carbocycles. The summed E-state index contributed by atoms with van der Waals surface area (Å²) in [5.41, 5.74) is 0. The summed E-state index contributed by atoms with van der Waals surface area (Å²) in [6, 6.07) is 0. The van der Waals surface area contributed by atoms with Crippen molar-refractivity contribution in [3.8, 4) is 0 Å². The van der Waals surface area contributed by atoms with Crippen molar-refractivity contribution < 1.29 is 9.28 Å². The minimum atomic E-state index is -0.602. The summed E-state index contributed by atoms with van der Waals surface area (Å²) in [6.45, 7) is 10.4. The molecule has 0 saturated heterocycles. The lowest BCUT2D eigenvalue weighted by atomic mass is 10.1. The standard InChI is InChI=1S/C15H28FN3OS/c1-6-13(21-7-2)15(20)18-14(11-12(3)4)19(16)10-8-9-17-5/h6-7,12,14,17H,2,8-11H2,1,3-5H3,(H,18,20)/b13-6-. The fourth-order valence-corrected chi connectivity index (χ4v) is 2.30. The van der Waals surface area contributed by atoms with Crippen LogP contribution in [-0.2, 0) is 4.79 Å². The first-order chi connectivity index (χ1) is 9.96. The molecule has 0 aromatic heterocycles. The first kappa shape index (κ1) is 20.1. The monoisotopic (exact) mass is 317 g/mol. The predicted octanol–water partition coefficient (Wildman–Crippen LogP) is 3.05. The summed E-state index contributed by atoms with van der Waals surface area (Å²) >= 11 is 1.24. The maximum absolute atomic E-state index is 14.2. The molecule has 0 radical (unpaired) electrons. The summed E-state index contributed by atoms with van der Waals surface area (Å²) in [5, 5.41) is 8.06. The second-order valence-corrected chi connectivity index (χ2v) is 6.15. The van der Waals surface area contributed by atoms with Crippen LogP contribution in [0.3, 0.4) is 0 Å². The molecule has 0 aliphatic heterocycles. The highest BCUT2D eigenvalue weighted by atomic mass is 32.2. The molecule has 1 unspecified atom stereocenters. The Kier molecular flexibility index (Phi) is 11.3. The molecule has 1 amide bonds. The van der Waals surface area contributed by atoms with E-state index in [0.717, 1.165) is 11.7 Å². The Labute approximate surface area is 132 Å². The van der Waals surface area contributed by atoms with E-state index in [1.165, 1.54) is 11.8 Å². The summed E-state index contributed by atoms with van der Waals surface area (Å²) in [5.74, 6) is 0.0308. The number of thioether (sulfide) groups is 1. The number of allylic oxidation sites excluding steroid dienone is 1. The van der Waals surface area contributed by atoms with Gasteiger partial charge in [-0.15, -0.1) is 9.60 Å². The van der Waals surface area contributed by atoms with E-state index in [1.54, 1.807) is 18.4 Å². The van der Waals surface area contributed by atoms with Crippen LogP contribution < -0.4 is 10.6 Å². The van der Waals surface area contributed by atoms with Crippen LogP contribution >= 0.6 is 11.8 Å². The molecule has 0 spiro atoms. The highest BCUT2D eigenvalue weighted by molar-refractivity contribution is 8.06. The fourth-order valence-electron chi connectivity index (χ4n) is 1.82. The minimum Gasteiger partial charge on any atom is -0.334 e. The van der Waals surface area contributed by atoms with Crippen molar-refractivity contribution >= 4 is 17.7 Å². The van der Waals surface area contributed by atoms with Gasteiger partial charge in [0.05, 0.1) is 4.91 Å². The Morgan fingerprint density at radius 1 is 1.48 bits per heavy atom. The topological polar surface area (TPSA) is 44.4 Å². The second-order valence-electron chi connectivity index (χ2n) is 5.14. The van der Waals surface area contributed by atoms with Crippen molar-refractivity contribution in [2.45, 2.75) is 39.8 Å². The van der Waals surface area contributed by atoms with Gasteiger partial charge in [-0.2, -0.15) is 0 Å². The maximum atomic E-state index is 14.2. The van der Waals surface area contributed by atoms with Gasteiger partial charge in [-0.3, -0.25) is 4.79 Å². The van der Waals surface area contributed by atoms with Crippen molar-refractivity contribution in [2.75, 3.05) is 20.1 Å². The first-order valence-corrected chi connectivity index (χ1v) is 8.15. The molecule has 6 heteroatoms. The van der Waals surface area contributed by atoms with E-state index in [9.17, 15) is 9.28 Å². The van der Waals surface area contributed by atoms with Gasteiger partial charge in [0.15, 0.2) is 0 Å². The second kappa shape index (κ2) is 11.8. The molecular formula is C15H28FN3OS. The molecule has 1 atom stereocenters. The lowest BCUT2D eigenvalue weighted by molar-refractivity contribution is -0.123. The normalized spacial score (nSPS) is 13.6. The van der Waals surface area contributed by atoms with Crippen molar-refractivity contribution in [1.82, 2.24) is 15.8 Å². The third-order valence-corrected chi connectivity index (χ3v) is 3.67. The third-order valence-electron chi connectivity index (χ3n) is 2.83. The number of hydrogen-bond acceptors (Lipinski definition) is 4. The minimum absolute atomic E-state index is 0.260. The summed E-state index contributed by atoms with van der Waals surface area (Å²) < 4.78 is 14.2. The first-order valence-electron chi connectivity index (χ1n) is 7.28. The third kappa shape index (κ3) is 8.90. The molecule has 0 bridgehead atoms. The van der Waals surface area contributed by atoms with Crippen molar-refractivity contribution in [2.24, 2.45) is 5.92 Å². The van der Waals surface area contributed by atoms with E-state index in [4.69, 9.17) is 0 Å². The zero-order valence-electron chi connectivity index (χ0n) is 13.5. The summed E-state index contributed by atoms with van der Waals surface area (Å²) in [6.07, 6.45) is 2.36. The molecule has 122 valence electrons. The number of nitrogens with one attached hydrogen (secondary N) is 2. The quantitative estimate of drug-likeness (QED) is 0.266.